The molecule has 1 N–H and O–H groups in total. The summed E-state index contributed by atoms with van der Waals surface area (Å²) < 4.78 is 0. The van der Waals surface area contributed by atoms with Crippen molar-refractivity contribution in [3.63, 3.8) is 0 Å². The molecule has 2 aromatic carbocycles. The minimum Gasteiger partial charge on any atom is -0.324 e. The van der Waals surface area contributed by atoms with Gasteiger partial charge in [-0.15, -0.1) is 0 Å². The molecule has 0 unspecified atom stereocenters. The van der Waals surface area contributed by atoms with Gasteiger partial charge in [-0.05, 0) is 50.1 Å². The summed E-state index contributed by atoms with van der Waals surface area (Å²) in [5.74, 6) is -1.30. The predicted molar refractivity (Wildman–Crippen MR) is 112 cm³/mol. The largest absolute Gasteiger partial charge is 0.324 e. The third-order valence-corrected chi connectivity index (χ3v) is 5.41. The van der Waals surface area contributed by atoms with Crippen molar-refractivity contribution in [3.8, 4) is 0 Å². The molecular weight excluding hydrogens is 406 g/mol. The molecule has 1 saturated heterocycles. The lowest BCUT2D eigenvalue weighted by atomic mass is 10.1. The molecule has 1 fully saturated rings. The maximum atomic E-state index is 13.0. The highest BCUT2D eigenvalue weighted by atomic mass is 35.5. The minimum absolute atomic E-state index is 0.195. The molecule has 0 aliphatic carbocycles. The zero-order chi connectivity index (χ0) is 21.6. The maximum absolute atomic E-state index is 13.0. The summed E-state index contributed by atoms with van der Waals surface area (Å²) in [4.78, 5) is 39.4. The van der Waals surface area contributed by atoms with Gasteiger partial charge in [-0.25, -0.2) is 4.90 Å². The van der Waals surface area contributed by atoms with Gasteiger partial charge in [-0.1, -0.05) is 40.6 Å². The van der Waals surface area contributed by atoms with Gasteiger partial charge in [0.1, 0.15) is 6.54 Å². The number of rotatable bonds is 4. The first-order valence-electron chi connectivity index (χ1n) is 9.45. The van der Waals surface area contributed by atoms with Gasteiger partial charge in [-0.3, -0.25) is 19.4 Å². The van der Waals surface area contributed by atoms with E-state index in [1.165, 1.54) is 11.1 Å². The normalized spacial score (nSPS) is 20.1. The van der Waals surface area contributed by atoms with Crippen LogP contribution in [0, 0.1) is 20.8 Å². The molecule has 2 aliphatic heterocycles. The van der Waals surface area contributed by atoms with Crippen molar-refractivity contribution in [2.45, 2.75) is 32.9 Å². The van der Waals surface area contributed by atoms with E-state index in [-0.39, 0.29) is 12.5 Å². The maximum Gasteiger partial charge on any atom is 0.263 e. The second-order valence-corrected chi connectivity index (χ2v) is 7.94. The average Bonchev–Trinajstić information content (AvgIpc) is 3.18. The number of imide groups is 1. The number of halogens is 1. The Morgan fingerprint density at radius 1 is 1.10 bits per heavy atom. The van der Waals surface area contributed by atoms with Gasteiger partial charge >= 0.3 is 0 Å². The lowest BCUT2D eigenvalue weighted by Crippen LogP contribution is -2.43. The van der Waals surface area contributed by atoms with Crippen LogP contribution in [-0.2, 0) is 14.4 Å². The molecule has 0 saturated carbocycles. The van der Waals surface area contributed by atoms with Gasteiger partial charge in [0.25, 0.3) is 11.8 Å². The Bertz CT molecular complexity index is 1080. The first-order chi connectivity index (χ1) is 14.3. The second kappa shape index (κ2) is 7.53. The molecule has 2 aliphatic rings. The third-order valence-electron chi connectivity index (χ3n) is 5.17. The molecule has 0 aromatic heterocycles. The van der Waals surface area contributed by atoms with Crippen molar-refractivity contribution in [2.24, 2.45) is 10.3 Å². The van der Waals surface area contributed by atoms with Crippen LogP contribution in [0.15, 0.2) is 46.7 Å². The first kappa shape index (κ1) is 20.0. The number of benzene rings is 2. The molecule has 0 bridgehead atoms. The number of carbonyl (C=O) groups is 3. The van der Waals surface area contributed by atoms with Crippen LogP contribution in [0.25, 0.3) is 0 Å². The zero-order valence-electron chi connectivity index (χ0n) is 16.7. The SMILES string of the molecule is Cc1cc(C)c(NC(=O)CN2N=N[C@@H]3C(=O)N(c4cccc(Cl)c4)C(=O)[C@H]32)c(C)c1. The molecule has 4 rings (SSSR count). The van der Waals surface area contributed by atoms with Crippen molar-refractivity contribution < 1.29 is 14.4 Å². The number of hydrogen-bond acceptors (Lipinski definition) is 6. The van der Waals surface area contributed by atoms with E-state index < -0.39 is 23.9 Å². The summed E-state index contributed by atoms with van der Waals surface area (Å²) in [5, 5.41) is 12.4. The standard InChI is InChI=1S/C21H20ClN5O3/c1-11-7-12(2)17(13(3)8-11)23-16(28)10-26-19-18(24-25-26)20(29)27(21(19)30)15-6-4-5-14(22)9-15/h4-9,18-19H,10H2,1-3H3,(H,23,28)/t18-,19-/m0/s1. The lowest BCUT2D eigenvalue weighted by Gasteiger charge is -2.21. The van der Waals surface area contributed by atoms with Crippen molar-refractivity contribution >= 4 is 40.7 Å². The van der Waals surface area contributed by atoms with E-state index in [1.54, 1.807) is 18.2 Å². The number of anilines is 2. The second-order valence-electron chi connectivity index (χ2n) is 7.51. The summed E-state index contributed by atoms with van der Waals surface area (Å²) in [6, 6.07) is 8.53. The Balaban J connectivity index is 1.51. The molecule has 0 spiro atoms. The fourth-order valence-electron chi connectivity index (χ4n) is 3.93. The molecule has 2 aromatic rings. The summed E-state index contributed by atoms with van der Waals surface area (Å²) >= 11 is 5.99. The topological polar surface area (TPSA) is 94.4 Å². The van der Waals surface area contributed by atoms with E-state index in [1.807, 2.05) is 32.9 Å². The average molecular weight is 426 g/mol. The smallest absolute Gasteiger partial charge is 0.263 e. The Hall–Kier alpha value is -3.26. The van der Waals surface area contributed by atoms with Crippen LogP contribution in [0.5, 0.6) is 0 Å². The third kappa shape index (κ3) is 3.43. The first-order valence-corrected chi connectivity index (χ1v) is 9.82. The van der Waals surface area contributed by atoms with Gasteiger partial charge in [0.15, 0.2) is 12.1 Å². The molecular formula is C21H20ClN5O3. The van der Waals surface area contributed by atoms with Gasteiger partial charge in [0.2, 0.25) is 5.91 Å². The Morgan fingerprint density at radius 2 is 1.80 bits per heavy atom. The van der Waals surface area contributed by atoms with Crippen LogP contribution < -0.4 is 10.2 Å². The molecule has 2 atom stereocenters. The molecule has 0 radical (unpaired) electrons. The van der Waals surface area contributed by atoms with Crippen LogP contribution in [-0.4, -0.2) is 41.4 Å². The summed E-state index contributed by atoms with van der Waals surface area (Å²) in [5.41, 5.74) is 4.10. The number of hydrogen-bond donors (Lipinski definition) is 1. The lowest BCUT2D eigenvalue weighted by molar-refractivity contribution is -0.123. The van der Waals surface area contributed by atoms with Crippen LogP contribution >= 0.6 is 11.6 Å². The molecule has 9 heteroatoms. The molecule has 30 heavy (non-hydrogen) atoms. The highest BCUT2D eigenvalue weighted by Crippen LogP contribution is 2.32. The Kier molecular flexibility index (Phi) is 5.03. The van der Waals surface area contributed by atoms with E-state index in [2.05, 4.69) is 15.7 Å². The van der Waals surface area contributed by atoms with Gasteiger partial charge in [-0.2, -0.15) is 5.11 Å². The minimum atomic E-state index is -0.966. The number of fused-ring (bicyclic) bond motifs is 1. The van der Waals surface area contributed by atoms with E-state index in [4.69, 9.17) is 11.6 Å². The molecule has 154 valence electrons. The van der Waals surface area contributed by atoms with E-state index >= 15 is 0 Å². The number of nitrogens with one attached hydrogen (secondary N) is 1. The molecule has 8 nitrogen and oxygen atoms in total. The molecule has 3 amide bonds. The van der Waals surface area contributed by atoms with Crippen molar-refractivity contribution in [1.29, 1.82) is 0 Å². The van der Waals surface area contributed by atoms with Gasteiger partial charge < -0.3 is 5.32 Å². The number of amides is 3. The van der Waals surface area contributed by atoms with Crippen LogP contribution in [0.1, 0.15) is 16.7 Å². The van der Waals surface area contributed by atoms with Crippen molar-refractivity contribution in [3.05, 3.63) is 58.1 Å². The van der Waals surface area contributed by atoms with E-state index in [0.717, 1.165) is 27.3 Å². The number of aryl methyl sites for hydroxylation is 3. The highest BCUT2D eigenvalue weighted by molar-refractivity contribution is 6.31. The Morgan fingerprint density at radius 3 is 2.47 bits per heavy atom. The van der Waals surface area contributed by atoms with Crippen molar-refractivity contribution in [1.82, 2.24) is 5.01 Å². The van der Waals surface area contributed by atoms with E-state index in [0.29, 0.717) is 10.7 Å². The fraction of sp³-hybridized carbons (Fsp3) is 0.286. The van der Waals surface area contributed by atoms with Crippen LogP contribution in [0.2, 0.25) is 5.02 Å². The number of carbonyl (C=O) groups excluding carboxylic acids is 3. The summed E-state index contributed by atoms with van der Waals surface area (Å²) in [6.07, 6.45) is 0. The predicted octanol–water partition coefficient (Wildman–Crippen LogP) is 3.20. The fourth-order valence-corrected chi connectivity index (χ4v) is 4.11. The van der Waals surface area contributed by atoms with Gasteiger partial charge in [0, 0.05) is 10.7 Å². The highest BCUT2D eigenvalue weighted by Gasteiger charge is 2.55. The van der Waals surface area contributed by atoms with Crippen LogP contribution in [0.4, 0.5) is 11.4 Å². The summed E-state index contributed by atoms with van der Waals surface area (Å²) in [6.45, 7) is 5.64. The zero-order valence-corrected chi connectivity index (χ0v) is 17.5. The van der Waals surface area contributed by atoms with Crippen molar-refractivity contribution in [2.75, 3.05) is 16.8 Å². The van der Waals surface area contributed by atoms with Crippen LogP contribution in [0.3, 0.4) is 0 Å². The molecule has 2 heterocycles. The summed E-state index contributed by atoms with van der Waals surface area (Å²) in [7, 11) is 0. The number of nitrogens with zero attached hydrogens (tertiary/aromatic N) is 4. The quantitative estimate of drug-likeness (QED) is 0.761. The Labute approximate surface area is 178 Å². The van der Waals surface area contributed by atoms with E-state index in [9.17, 15) is 14.4 Å². The van der Waals surface area contributed by atoms with Gasteiger partial charge in [0.05, 0.1) is 5.69 Å². The monoisotopic (exact) mass is 425 g/mol.